The maximum Gasteiger partial charge on any atom is 0.410 e. The second kappa shape index (κ2) is 8.55. The van der Waals surface area contributed by atoms with Gasteiger partial charge in [-0.05, 0) is 45.3 Å². The third-order valence-electron chi connectivity index (χ3n) is 4.89. The highest BCUT2D eigenvalue weighted by molar-refractivity contribution is 6.29. The van der Waals surface area contributed by atoms with Crippen LogP contribution < -0.4 is 0 Å². The molecule has 2 amide bonds. The second-order valence-electron chi connectivity index (χ2n) is 8.33. The minimum absolute atomic E-state index is 0.0332. The lowest BCUT2D eigenvalue weighted by Gasteiger charge is -2.35. The Morgan fingerprint density at radius 2 is 1.86 bits per heavy atom. The molecule has 0 radical (unpaired) electrons. The highest BCUT2D eigenvalue weighted by atomic mass is 35.5. The van der Waals surface area contributed by atoms with Gasteiger partial charge in [-0.25, -0.2) is 4.79 Å². The van der Waals surface area contributed by atoms with Gasteiger partial charge in [0.2, 0.25) is 5.91 Å². The number of hydrogen-bond acceptors (Lipinski definition) is 5. The number of carbonyl (C=O) groups excluding carboxylic acids is 2. The molecule has 2 heterocycles. The lowest BCUT2D eigenvalue weighted by Crippen LogP contribution is -2.52. The first-order chi connectivity index (χ1) is 13.2. The van der Waals surface area contributed by atoms with Crippen molar-refractivity contribution in [3.05, 3.63) is 22.8 Å². The van der Waals surface area contributed by atoms with Crippen LogP contribution in [0.15, 0.2) is 27.9 Å². The molecule has 0 bridgehead atoms. The quantitative estimate of drug-likeness (QED) is 0.715. The van der Waals surface area contributed by atoms with Gasteiger partial charge in [-0.1, -0.05) is 22.8 Å². The molecule has 1 saturated heterocycles. The van der Waals surface area contributed by atoms with Gasteiger partial charge in [0.25, 0.3) is 0 Å². The van der Waals surface area contributed by atoms with Crippen molar-refractivity contribution in [3.63, 3.8) is 0 Å². The molecule has 0 saturated carbocycles. The van der Waals surface area contributed by atoms with E-state index in [0.717, 1.165) is 29.2 Å². The molecule has 1 aliphatic carbocycles. The Morgan fingerprint density at radius 1 is 1.18 bits per heavy atom. The number of amides is 2. The van der Waals surface area contributed by atoms with E-state index in [9.17, 15) is 9.59 Å². The number of ether oxygens (including phenoxy) is 1. The van der Waals surface area contributed by atoms with E-state index in [0.29, 0.717) is 39.0 Å². The van der Waals surface area contributed by atoms with Gasteiger partial charge in [-0.3, -0.25) is 4.79 Å². The normalized spacial score (nSPS) is 22.9. The number of allylic oxidation sites excluding steroid dienone is 4. The number of piperazine rings is 1. The zero-order valence-electron chi connectivity index (χ0n) is 16.7. The van der Waals surface area contributed by atoms with Crippen molar-refractivity contribution >= 4 is 29.3 Å². The van der Waals surface area contributed by atoms with Crippen molar-refractivity contribution < 1.29 is 19.2 Å². The zero-order valence-corrected chi connectivity index (χ0v) is 17.5. The minimum atomic E-state index is -0.517. The summed E-state index contributed by atoms with van der Waals surface area (Å²) in [5, 5.41) is 5.02. The van der Waals surface area contributed by atoms with Crippen molar-refractivity contribution in [2.45, 2.75) is 58.2 Å². The second-order valence-corrected chi connectivity index (χ2v) is 8.81. The fraction of sp³-hybridized carbons (Fsp3) is 0.650. The Bertz CT molecular complexity index is 715. The van der Waals surface area contributed by atoms with Gasteiger partial charge in [-0.15, -0.1) is 0 Å². The minimum Gasteiger partial charge on any atom is -0.444 e. The Morgan fingerprint density at radius 3 is 2.46 bits per heavy atom. The number of oxime groups is 1. The topological polar surface area (TPSA) is 71.4 Å². The zero-order chi connectivity index (χ0) is 20.3. The molecule has 1 fully saturated rings. The average molecular weight is 410 g/mol. The van der Waals surface area contributed by atoms with Crippen LogP contribution in [0.2, 0.25) is 0 Å². The van der Waals surface area contributed by atoms with Crippen molar-refractivity contribution in [2.24, 2.45) is 5.16 Å². The average Bonchev–Trinajstić information content (AvgIpc) is 3.09. The summed E-state index contributed by atoms with van der Waals surface area (Å²) in [5.74, 6) is 0.0332. The number of carbonyl (C=O) groups is 2. The number of nitrogens with zero attached hydrogens (tertiary/aromatic N) is 3. The monoisotopic (exact) mass is 409 g/mol. The van der Waals surface area contributed by atoms with E-state index in [1.807, 2.05) is 32.9 Å². The van der Waals surface area contributed by atoms with Gasteiger partial charge in [0, 0.05) is 37.6 Å². The lowest BCUT2D eigenvalue weighted by atomic mass is 9.96. The van der Waals surface area contributed by atoms with Crippen LogP contribution in [-0.4, -0.2) is 65.4 Å². The third kappa shape index (κ3) is 5.50. The largest absolute Gasteiger partial charge is 0.444 e. The smallest absolute Gasteiger partial charge is 0.410 e. The first-order valence-corrected chi connectivity index (χ1v) is 10.1. The first kappa shape index (κ1) is 20.7. The van der Waals surface area contributed by atoms with Gasteiger partial charge in [0.1, 0.15) is 11.7 Å². The Labute approximate surface area is 170 Å². The van der Waals surface area contributed by atoms with Crippen LogP contribution in [0.5, 0.6) is 0 Å². The van der Waals surface area contributed by atoms with Crippen LogP contribution in [0, 0.1) is 0 Å². The van der Waals surface area contributed by atoms with Crippen LogP contribution in [0.25, 0.3) is 0 Å². The van der Waals surface area contributed by atoms with Gasteiger partial charge in [0.15, 0.2) is 0 Å². The van der Waals surface area contributed by atoms with E-state index in [4.69, 9.17) is 21.2 Å². The summed E-state index contributed by atoms with van der Waals surface area (Å²) in [6.45, 7) is 7.51. The van der Waals surface area contributed by atoms with Gasteiger partial charge >= 0.3 is 6.09 Å². The van der Waals surface area contributed by atoms with Crippen molar-refractivity contribution in [2.75, 3.05) is 26.2 Å². The summed E-state index contributed by atoms with van der Waals surface area (Å²) >= 11 is 6.00. The van der Waals surface area contributed by atoms with Crippen LogP contribution in [-0.2, 0) is 14.4 Å². The molecule has 0 aromatic rings. The predicted octanol–water partition coefficient (Wildman–Crippen LogP) is 3.44. The van der Waals surface area contributed by atoms with Crippen LogP contribution in [0.4, 0.5) is 4.79 Å². The van der Waals surface area contributed by atoms with Crippen molar-refractivity contribution in [1.82, 2.24) is 9.80 Å². The third-order valence-corrected chi connectivity index (χ3v) is 5.20. The molecule has 2 aliphatic heterocycles. The van der Waals surface area contributed by atoms with Crippen LogP contribution in [0.1, 0.15) is 46.5 Å². The molecule has 3 aliphatic rings. The molecule has 3 rings (SSSR count). The molecule has 1 atom stereocenters. The predicted molar refractivity (Wildman–Crippen MR) is 107 cm³/mol. The highest BCUT2D eigenvalue weighted by Gasteiger charge is 2.31. The summed E-state index contributed by atoms with van der Waals surface area (Å²) in [6, 6.07) is 0. The molecule has 0 aromatic carbocycles. The Balaban J connectivity index is 1.43. The molecule has 1 unspecified atom stereocenters. The standard InChI is InChI=1S/C20H28ClN3O4/c1-20(2,3)27-19(26)24-10-8-23(9-11-24)18(25)13-16-12-17(22-28-16)14-4-6-15(21)7-5-14/h4,6,16H,5,7-13H2,1-3H3. The Kier molecular flexibility index (Phi) is 6.33. The van der Waals surface area contributed by atoms with E-state index >= 15 is 0 Å². The number of hydrogen-bond donors (Lipinski definition) is 0. The molecule has 0 spiro atoms. The SMILES string of the molecule is CC(C)(C)OC(=O)N1CCN(C(=O)CC2CC(C3=CC=C(Cl)CC3)=NO2)CC1. The molecule has 8 heteroatoms. The van der Waals surface area contributed by atoms with Gasteiger partial charge < -0.3 is 19.4 Å². The molecule has 154 valence electrons. The maximum atomic E-state index is 12.6. The van der Waals surface area contributed by atoms with E-state index in [-0.39, 0.29) is 18.1 Å². The summed E-state index contributed by atoms with van der Waals surface area (Å²) in [6.07, 6.45) is 5.92. The molecular weight excluding hydrogens is 382 g/mol. The maximum absolute atomic E-state index is 12.6. The fourth-order valence-electron chi connectivity index (χ4n) is 3.37. The van der Waals surface area contributed by atoms with E-state index in [2.05, 4.69) is 5.16 Å². The first-order valence-electron chi connectivity index (χ1n) is 9.75. The van der Waals surface area contributed by atoms with Crippen molar-refractivity contribution in [3.8, 4) is 0 Å². The van der Waals surface area contributed by atoms with Gasteiger partial charge in [-0.2, -0.15) is 0 Å². The summed E-state index contributed by atoms with van der Waals surface area (Å²) in [4.78, 5) is 33.6. The highest BCUT2D eigenvalue weighted by Crippen LogP contribution is 2.27. The van der Waals surface area contributed by atoms with E-state index in [1.54, 1.807) is 9.80 Å². The molecule has 7 nitrogen and oxygen atoms in total. The summed E-state index contributed by atoms with van der Waals surface area (Å²) in [7, 11) is 0. The van der Waals surface area contributed by atoms with E-state index in [1.165, 1.54) is 0 Å². The molecule has 28 heavy (non-hydrogen) atoms. The number of halogens is 1. The molecule has 0 N–H and O–H groups in total. The van der Waals surface area contributed by atoms with Crippen molar-refractivity contribution in [1.29, 1.82) is 0 Å². The fourth-order valence-corrected chi connectivity index (χ4v) is 3.53. The summed E-state index contributed by atoms with van der Waals surface area (Å²) < 4.78 is 5.39. The lowest BCUT2D eigenvalue weighted by molar-refractivity contribution is -0.135. The molecule has 0 aromatic heterocycles. The summed E-state index contributed by atoms with van der Waals surface area (Å²) in [5.41, 5.74) is 1.52. The van der Waals surface area contributed by atoms with Crippen LogP contribution in [0.3, 0.4) is 0 Å². The van der Waals surface area contributed by atoms with E-state index < -0.39 is 5.60 Å². The Hall–Kier alpha value is -2.02. The molecular formula is C20H28ClN3O4. The van der Waals surface area contributed by atoms with Gasteiger partial charge in [0.05, 0.1) is 12.1 Å². The number of rotatable bonds is 3. The van der Waals surface area contributed by atoms with Crippen LogP contribution >= 0.6 is 11.6 Å².